The van der Waals surface area contributed by atoms with Gasteiger partial charge in [0.15, 0.2) is 3.95 Å². The van der Waals surface area contributed by atoms with Gasteiger partial charge in [-0.1, -0.05) is 18.2 Å². The zero-order valence-electron chi connectivity index (χ0n) is 11.4. The van der Waals surface area contributed by atoms with Gasteiger partial charge in [0.25, 0.3) is 0 Å². The molecule has 7 heteroatoms. The highest BCUT2D eigenvalue weighted by atomic mass is 32.1. The number of aliphatic carboxylic acids is 1. The first kappa shape index (κ1) is 14.7. The van der Waals surface area contributed by atoms with Crippen molar-refractivity contribution in [2.75, 3.05) is 0 Å². The fraction of sp³-hybridized carbons (Fsp3) is 0.133. The van der Waals surface area contributed by atoms with E-state index in [9.17, 15) is 9.90 Å². The lowest BCUT2D eigenvalue weighted by Gasteiger charge is -2.02. The number of para-hydroxylation sites is 1. The van der Waals surface area contributed by atoms with Crippen LogP contribution in [0.4, 0.5) is 5.69 Å². The monoisotopic (exact) mass is 332 g/mol. The van der Waals surface area contributed by atoms with Crippen molar-refractivity contribution in [1.29, 1.82) is 0 Å². The number of aromatic nitrogens is 1. The van der Waals surface area contributed by atoms with Crippen LogP contribution < -0.4 is 0 Å². The summed E-state index contributed by atoms with van der Waals surface area (Å²) in [7, 11) is 0. The molecule has 0 atom stereocenters. The van der Waals surface area contributed by atoms with Crippen molar-refractivity contribution in [1.82, 2.24) is 4.57 Å². The molecule has 0 spiro atoms. The number of carboxylic acid groups (broad SMARTS) is 1. The molecular formula is C15H12N2O3S2. The van der Waals surface area contributed by atoms with Crippen LogP contribution in [0.5, 0.6) is 5.88 Å². The Hall–Kier alpha value is -2.25. The summed E-state index contributed by atoms with van der Waals surface area (Å²) >= 11 is 6.45. The fourth-order valence-corrected chi connectivity index (χ4v) is 3.52. The third-order valence-corrected chi connectivity index (χ3v) is 4.67. The van der Waals surface area contributed by atoms with Crippen molar-refractivity contribution in [3.63, 3.8) is 0 Å². The number of allylic oxidation sites excluding steroid dienone is 1. The minimum atomic E-state index is -0.927. The number of carbonyl (C=O) groups is 1. The molecule has 0 saturated heterocycles. The maximum atomic E-state index is 10.7. The van der Waals surface area contributed by atoms with E-state index in [0.29, 0.717) is 8.83 Å². The first-order valence-corrected chi connectivity index (χ1v) is 7.78. The maximum absolute atomic E-state index is 10.7. The Bertz CT molecular complexity index is 862. The second kappa shape index (κ2) is 5.86. The molecule has 1 aromatic carbocycles. The van der Waals surface area contributed by atoms with E-state index in [-0.39, 0.29) is 18.8 Å². The van der Waals surface area contributed by atoms with Crippen molar-refractivity contribution in [2.45, 2.75) is 13.0 Å². The molecule has 0 unspecified atom stereocenters. The third-order valence-electron chi connectivity index (χ3n) is 3.29. The summed E-state index contributed by atoms with van der Waals surface area (Å²) in [6.07, 6.45) is 3.48. The zero-order valence-corrected chi connectivity index (χ0v) is 13.0. The van der Waals surface area contributed by atoms with E-state index in [1.165, 1.54) is 15.9 Å². The number of hydrogen-bond acceptors (Lipinski definition) is 5. The van der Waals surface area contributed by atoms with Gasteiger partial charge >= 0.3 is 5.97 Å². The fourth-order valence-electron chi connectivity index (χ4n) is 2.21. The average molecular weight is 332 g/mol. The van der Waals surface area contributed by atoms with Crippen LogP contribution in [-0.2, 0) is 11.3 Å². The van der Waals surface area contributed by atoms with Crippen LogP contribution in [0.15, 0.2) is 29.3 Å². The van der Waals surface area contributed by atoms with E-state index in [1.807, 2.05) is 30.3 Å². The summed E-state index contributed by atoms with van der Waals surface area (Å²) in [5.74, 6) is -0.925. The Morgan fingerprint density at radius 3 is 2.95 bits per heavy atom. The lowest BCUT2D eigenvalue weighted by Crippen LogP contribution is -2.03. The van der Waals surface area contributed by atoms with E-state index in [0.717, 1.165) is 16.8 Å². The summed E-state index contributed by atoms with van der Waals surface area (Å²) in [6.45, 7) is 0.157. The molecule has 3 rings (SSSR count). The van der Waals surface area contributed by atoms with Crippen molar-refractivity contribution < 1.29 is 15.0 Å². The summed E-state index contributed by atoms with van der Waals surface area (Å²) in [6, 6.07) is 7.74. The summed E-state index contributed by atoms with van der Waals surface area (Å²) in [5, 5.41) is 19.0. The average Bonchev–Trinajstić information content (AvgIpc) is 3.00. The van der Waals surface area contributed by atoms with Crippen molar-refractivity contribution in [3.8, 4) is 5.88 Å². The van der Waals surface area contributed by atoms with E-state index in [4.69, 9.17) is 17.3 Å². The minimum absolute atomic E-state index is 0.00142. The minimum Gasteiger partial charge on any atom is -0.493 e. The first-order valence-electron chi connectivity index (χ1n) is 6.56. The number of aliphatic imine (C=N–C) groups is 1. The molecule has 0 bridgehead atoms. The standard InChI is InChI=1S/C15H12N2O3S2/c18-13(19)5-6-17-14(20)12(22-15(17)21)7-9-8-16-11-4-2-1-3-10(9)11/h1-4,7-8,20H,5-6H2,(H,18,19). The van der Waals surface area contributed by atoms with Crippen LogP contribution >= 0.6 is 23.6 Å². The quantitative estimate of drug-likeness (QED) is 0.837. The SMILES string of the molecule is O=C(O)CCn1c(O)c(C=C2C=Nc3ccccc32)sc1=S. The van der Waals surface area contributed by atoms with E-state index in [1.54, 1.807) is 6.21 Å². The van der Waals surface area contributed by atoms with Gasteiger partial charge in [0, 0.05) is 23.9 Å². The van der Waals surface area contributed by atoms with Crippen LogP contribution in [0.1, 0.15) is 16.9 Å². The third kappa shape index (κ3) is 2.72. The van der Waals surface area contributed by atoms with Gasteiger partial charge in [-0.3, -0.25) is 14.4 Å². The lowest BCUT2D eigenvalue weighted by atomic mass is 10.1. The van der Waals surface area contributed by atoms with Crippen LogP contribution in [0.2, 0.25) is 0 Å². The number of benzene rings is 1. The van der Waals surface area contributed by atoms with Gasteiger partial charge in [-0.2, -0.15) is 0 Å². The van der Waals surface area contributed by atoms with E-state index in [2.05, 4.69) is 4.99 Å². The molecule has 112 valence electrons. The van der Waals surface area contributed by atoms with Crippen LogP contribution in [-0.4, -0.2) is 27.0 Å². The second-order valence-corrected chi connectivity index (χ2v) is 6.40. The van der Waals surface area contributed by atoms with Crippen LogP contribution in [0.3, 0.4) is 0 Å². The maximum Gasteiger partial charge on any atom is 0.305 e. The molecule has 1 aliphatic rings. The number of aromatic hydroxyl groups is 1. The van der Waals surface area contributed by atoms with Gasteiger partial charge in [-0.15, -0.1) is 11.3 Å². The molecule has 2 heterocycles. The molecule has 0 saturated carbocycles. The second-order valence-electron chi connectivity index (χ2n) is 4.73. The number of carboxylic acids is 1. The van der Waals surface area contributed by atoms with Crippen molar-refractivity contribution >= 4 is 53.1 Å². The van der Waals surface area contributed by atoms with Crippen molar-refractivity contribution in [2.24, 2.45) is 4.99 Å². The summed E-state index contributed by atoms with van der Waals surface area (Å²) in [4.78, 5) is 15.6. The first-order chi connectivity index (χ1) is 10.6. The number of thiazole rings is 1. The van der Waals surface area contributed by atoms with Crippen LogP contribution in [0.25, 0.3) is 11.6 Å². The molecule has 1 aromatic heterocycles. The molecular weight excluding hydrogens is 320 g/mol. The predicted molar refractivity (Wildman–Crippen MR) is 89.5 cm³/mol. The summed E-state index contributed by atoms with van der Waals surface area (Å²) < 4.78 is 1.90. The highest BCUT2D eigenvalue weighted by Gasteiger charge is 2.15. The van der Waals surface area contributed by atoms with E-state index < -0.39 is 5.97 Å². The number of rotatable bonds is 4. The highest BCUT2D eigenvalue weighted by Crippen LogP contribution is 2.35. The topological polar surface area (TPSA) is 74.8 Å². The molecule has 2 N–H and O–H groups in total. The Balaban J connectivity index is 1.96. The Morgan fingerprint density at radius 2 is 2.18 bits per heavy atom. The summed E-state index contributed by atoms with van der Waals surface area (Å²) in [5.41, 5.74) is 2.79. The Kier molecular flexibility index (Phi) is 3.91. The molecule has 0 amide bonds. The molecule has 1 aliphatic heterocycles. The zero-order chi connectivity index (χ0) is 15.7. The van der Waals surface area contributed by atoms with Gasteiger partial charge < -0.3 is 10.2 Å². The molecule has 2 aromatic rings. The molecule has 0 radical (unpaired) electrons. The number of nitrogens with zero attached hydrogens (tertiary/aromatic N) is 2. The number of fused-ring (bicyclic) bond motifs is 1. The van der Waals surface area contributed by atoms with E-state index >= 15 is 0 Å². The highest BCUT2D eigenvalue weighted by molar-refractivity contribution is 7.73. The molecule has 0 fully saturated rings. The smallest absolute Gasteiger partial charge is 0.305 e. The van der Waals surface area contributed by atoms with Gasteiger partial charge in [0.1, 0.15) is 0 Å². The molecule has 0 aliphatic carbocycles. The van der Waals surface area contributed by atoms with Gasteiger partial charge in [0.2, 0.25) is 5.88 Å². The predicted octanol–water partition coefficient (Wildman–Crippen LogP) is 3.72. The normalized spacial score (nSPS) is 14.5. The van der Waals surface area contributed by atoms with Gasteiger partial charge in [-0.05, 0) is 24.4 Å². The number of hydrogen-bond donors (Lipinski definition) is 2. The van der Waals surface area contributed by atoms with Crippen LogP contribution in [0, 0.1) is 3.95 Å². The largest absolute Gasteiger partial charge is 0.493 e. The molecule has 22 heavy (non-hydrogen) atoms. The molecule has 5 nitrogen and oxygen atoms in total. The van der Waals surface area contributed by atoms with Gasteiger partial charge in [-0.25, -0.2) is 0 Å². The lowest BCUT2D eigenvalue weighted by molar-refractivity contribution is -0.137. The van der Waals surface area contributed by atoms with Crippen molar-refractivity contribution in [3.05, 3.63) is 38.7 Å². The Morgan fingerprint density at radius 1 is 1.41 bits per heavy atom. The van der Waals surface area contributed by atoms with Gasteiger partial charge in [0.05, 0.1) is 17.0 Å². The Labute approximate surface area is 135 Å².